The van der Waals surface area contributed by atoms with E-state index in [1.165, 1.54) is 25.9 Å². The molecule has 2 aliphatic rings. The van der Waals surface area contributed by atoms with E-state index in [-0.39, 0.29) is 6.03 Å². The van der Waals surface area contributed by atoms with E-state index in [2.05, 4.69) is 10.2 Å². The van der Waals surface area contributed by atoms with E-state index < -0.39 is 0 Å². The van der Waals surface area contributed by atoms with E-state index in [1.807, 2.05) is 36.1 Å². The van der Waals surface area contributed by atoms with Gasteiger partial charge in [0.2, 0.25) is 0 Å². The predicted molar refractivity (Wildman–Crippen MR) is 82.8 cm³/mol. The molecule has 2 saturated heterocycles. The molecule has 5 nitrogen and oxygen atoms in total. The molecule has 21 heavy (non-hydrogen) atoms. The smallest absolute Gasteiger partial charge is 0.321 e. The van der Waals surface area contributed by atoms with Crippen molar-refractivity contribution in [1.29, 1.82) is 0 Å². The number of carbonyl (C=O) groups excluding carboxylic acids is 1. The number of nitrogens with zero attached hydrogens (tertiary/aromatic N) is 2. The van der Waals surface area contributed by atoms with Crippen LogP contribution in [0.25, 0.3) is 0 Å². The van der Waals surface area contributed by atoms with E-state index in [9.17, 15) is 4.79 Å². The van der Waals surface area contributed by atoms with Gasteiger partial charge in [0, 0.05) is 24.8 Å². The highest BCUT2D eigenvalue weighted by Crippen LogP contribution is 2.21. The lowest BCUT2D eigenvalue weighted by atomic mass is 10.1. The number of hydrogen-bond donors (Lipinski definition) is 1. The van der Waals surface area contributed by atoms with Crippen molar-refractivity contribution in [3.05, 3.63) is 24.3 Å². The van der Waals surface area contributed by atoms with Crippen molar-refractivity contribution in [3.8, 4) is 5.75 Å². The molecule has 0 radical (unpaired) electrons. The summed E-state index contributed by atoms with van der Waals surface area (Å²) in [6.45, 7) is 6.69. The SMILES string of the molecule is CCOc1ccc(NC(=O)N2CC(N3CCCC3)C2)cc1. The molecule has 114 valence electrons. The number of anilines is 1. The number of ether oxygens (including phenoxy) is 1. The van der Waals surface area contributed by atoms with Gasteiger partial charge in [-0.3, -0.25) is 4.90 Å². The maximum atomic E-state index is 12.1. The Morgan fingerprint density at radius 2 is 1.90 bits per heavy atom. The summed E-state index contributed by atoms with van der Waals surface area (Å²) in [4.78, 5) is 16.5. The number of hydrogen-bond acceptors (Lipinski definition) is 3. The third-order valence-electron chi connectivity index (χ3n) is 4.22. The standard InChI is InChI=1S/C16H23N3O2/c1-2-21-15-7-5-13(6-8-15)17-16(20)19-11-14(12-19)18-9-3-4-10-18/h5-8,14H,2-4,9-12H2,1H3,(H,17,20). The Bertz CT molecular complexity index is 477. The fraction of sp³-hybridized carbons (Fsp3) is 0.562. The first kappa shape index (κ1) is 14.2. The molecule has 1 N–H and O–H groups in total. The van der Waals surface area contributed by atoms with Crippen molar-refractivity contribution in [2.45, 2.75) is 25.8 Å². The first-order valence-corrected chi connectivity index (χ1v) is 7.79. The molecule has 3 rings (SSSR count). The molecular weight excluding hydrogens is 266 g/mol. The van der Waals surface area contributed by atoms with Gasteiger partial charge >= 0.3 is 6.03 Å². The molecule has 0 aliphatic carbocycles. The van der Waals surface area contributed by atoms with Crippen molar-refractivity contribution in [2.75, 3.05) is 38.1 Å². The lowest BCUT2D eigenvalue weighted by Crippen LogP contribution is -2.61. The summed E-state index contributed by atoms with van der Waals surface area (Å²) >= 11 is 0. The monoisotopic (exact) mass is 289 g/mol. The van der Waals surface area contributed by atoms with Crippen LogP contribution in [0.15, 0.2) is 24.3 Å². The molecule has 1 aromatic carbocycles. The van der Waals surface area contributed by atoms with Crippen molar-refractivity contribution < 1.29 is 9.53 Å². The van der Waals surface area contributed by atoms with Crippen LogP contribution in [0.5, 0.6) is 5.75 Å². The first-order valence-electron chi connectivity index (χ1n) is 7.79. The molecule has 0 unspecified atom stereocenters. The van der Waals surface area contributed by atoms with E-state index >= 15 is 0 Å². The van der Waals surface area contributed by atoms with Crippen LogP contribution in [-0.4, -0.2) is 54.7 Å². The Hall–Kier alpha value is -1.75. The van der Waals surface area contributed by atoms with Gasteiger partial charge in [0.05, 0.1) is 6.61 Å². The van der Waals surface area contributed by atoms with E-state index in [4.69, 9.17) is 4.74 Å². The Balaban J connectivity index is 1.46. The minimum Gasteiger partial charge on any atom is -0.494 e. The maximum Gasteiger partial charge on any atom is 0.321 e. The van der Waals surface area contributed by atoms with Crippen molar-refractivity contribution in [2.24, 2.45) is 0 Å². The van der Waals surface area contributed by atoms with Crippen LogP contribution >= 0.6 is 0 Å². The highest BCUT2D eigenvalue weighted by molar-refractivity contribution is 5.90. The molecule has 0 aromatic heterocycles. The van der Waals surface area contributed by atoms with Crippen LogP contribution < -0.4 is 10.1 Å². The number of likely N-dealkylation sites (tertiary alicyclic amines) is 2. The van der Waals surface area contributed by atoms with Gasteiger partial charge in [-0.15, -0.1) is 0 Å². The zero-order valence-corrected chi connectivity index (χ0v) is 12.5. The predicted octanol–water partition coefficient (Wildman–Crippen LogP) is 2.40. The van der Waals surface area contributed by atoms with Gasteiger partial charge in [0.1, 0.15) is 5.75 Å². The summed E-state index contributed by atoms with van der Waals surface area (Å²) in [5.74, 6) is 0.827. The quantitative estimate of drug-likeness (QED) is 0.925. The second kappa shape index (κ2) is 6.35. The normalized spacial score (nSPS) is 19.4. The third-order valence-corrected chi connectivity index (χ3v) is 4.22. The summed E-state index contributed by atoms with van der Waals surface area (Å²) in [5.41, 5.74) is 0.813. The summed E-state index contributed by atoms with van der Waals surface area (Å²) in [5, 5.41) is 2.94. The second-order valence-electron chi connectivity index (χ2n) is 5.69. The van der Waals surface area contributed by atoms with Gasteiger partial charge in [-0.25, -0.2) is 4.79 Å². The van der Waals surface area contributed by atoms with E-state index in [1.54, 1.807) is 0 Å². The lowest BCUT2D eigenvalue weighted by Gasteiger charge is -2.43. The molecule has 2 fully saturated rings. The number of carbonyl (C=O) groups is 1. The lowest BCUT2D eigenvalue weighted by molar-refractivity contribution is 0.0776. The number of nitrogens with one attached hydrogen (secondary N) is 1. The minimum atomic E-state index is -0.00499. The molecule has 0 bridgehead atoms. The van der Waals surface area contributed by atoms with Gasteiger partial charge in [-0.05, 0) is 57.1 Å². The molecule has 5 heteroatoms. The van der Waals surface area contributed by atoms with Crippen molar-refractivity contribution >= 4 is 11.7 Å². The minimum absolute atomic E-state index is 0.00499. The molecule has 0 saturated carbocycles. The fourth-order valence-corrected chi connectivity index (χ4v) is 2.96. The van der Waals surface area contributed by atoms with Crippen LogP contribution in [0.2, 0.25) is 0 Å². The first-order chi connectivity index (χ1) is 10.3. The van der Waals surface area contributed by atoms with Crippen LogP contribution in [-0.2, 0) is 0 Å². The Labute approximate surface area is 125 Å². The van der Waals surface area contributed by atoms with Gasteiger partial charge < -0.3 is 15.0 Å². The fourth-order valence-electron chi connectivity index (χ4n) is 2.96. The molecular formula is C16H23N3O2. The molecule has 2 aliphatic heterocycles. The number of rotatable bonds is 4. The zero-order valence-electron chi connectivity index (χ0n) is 12.5. The number of amides is 2. The summed E-state index contributed by atoms with van der Waals surface area (Å²) in [6, 6.07) is 8.07. The van der Waals surface area contributed by atoms with Crippen LogP contribution in [0.1, 0.15) is 19.8 Å². The third kappa shape index (κ3) is 3.29. The largest absolute Gasteiger partial charge is 0.494 e. The van der Waals surface area contributed by atoms with E-state index in [0.717, 1.165) is 24.5 Å². The summed E-state index contributed by atoms with van der Waals surface area (Å²) in [6.07, 6.45) is 2.60. The second-order valence-corrected chi connectivity index (χ2v) is 5.69. The topological polar surface area (TPSA) is 44.8 Å². The highest BCUT2D eigenvalue weighted by atomic mass is 16.5. The molecule has 1 aromatic rings. The summed E-state index contributed by atoms with van der Waals surface area (Å²) in [7, 11) is 0. The van der Waals surface area contributed by atoms with Gasteiger partial charge in [-0.1, -0.05) is 0 Å². The number of benzene rings is 1. The van der Waals surface area contributed by atoms with Crippen LogP contribution in [0, 0.1) is 0 Å². The molecule has 2 amide bonds. The van der Waals surface area contributed by atoms with Crippen LogP contribution in [0.3, 0.4) is 0 Å². The van der Waals surface area contributed by atoms with E-state index in [0.29, 0.717) is 12.6 Å². The van der Waals surface area contributed by atoms with Gasteiger partial charge in [0.25, 0.3) is 0 Å². The number of urea groups is 1. The Morgan fingerprint density at radius 1 is 1.24 bits per heavy atom. The highest BCUT2D eigenvalue weighted by Gasteiger charge is 2.35. The Kier molecular flexibility index (Phi) is 4.29. The summed E-state index contributed by atoms with van der Waals surface area (Å²) < 4.78 is 5.39. The molecule has 0 spiro atoms. The van der Waals surface area contributed by atoms with Crippen molar-refractivity contribution in [1.82, 2.24) is 9.80 Å². The molecule has 0 atom stereocenters. The molecule has 2 heterocycles. The van der Waals surface area contributed by atoms with Gasteiger partial charge in [0.15, 0.2) is 0 Å². The average Bonchev–Trinajstić information content (AvgIpc) is 2.93. The van der Waals surface area contributed by atoms with Gasteiger partial charge in [-0.2, -0.15) is 0 Å². The Morgan fingerprint density at radius 3 is 2.52 bits per heavy atom. The maximum absolute atomic E-state index is 12.1. The van der Waals surface area contributed by atoms with Crippen molar-refractivity contribution in [3.63, 3.8) is 0 Å². The average molecular weight is 289 g/mol. The zero-order chi connectivity index (χ0) is 14.7. The van der Waals surface area contributed by atoms with Crippen LogP contribution in [0.4, 0.5) is 10.5 Å².